The lowest BCUT2D eigenvalue weighted by Crippen LogP contribution is -2.56. The summed E-state index contributed by atoms with van der Waals surface area (Å²) in [5.41, 5.74) is 0. The molecule has 0 N–H and O–H groups in total. The lowest BCUT2D eigenvalue weighted by Gasteiger charge is -2.37. The predicted molar refractivity (Wildman–Crippen MR) is 149 cm³/mol. The van der Waals surface area contributed by atoms with Gasteiger partial charge in [-0.05, 0) is 79.4 Å². The van der Waals surface area contributed by atoms with Crippen molar-refractivity contribution in [3.8, 4) is 0 Å². The number of hydrogen-bond acceptors (Lipinski definition) is 9. The number of nitrogens with zero attached hydrogens (tertiary/aromatic N) is 2. The molecule has 2 heterocycles. The van der Waals surface area contributed by atoms with Gasteiger partial charge < -0.3 is 31.0 Å². The lowest BCUT2D eigenvalue weighted by molar-refractivity contribution is 0.0695. The van der Waals surface area contributed by atoms with Crippen LogP contribution in [0.1, 0.15) is 66.7 Å². The molecule has 2 aliphatic heterocycles. The summed E-state index contributed by atoms with van der Waals surface area (Å²) >= 11 is 0. The Balaban J connectivity index is 1.90. The van der Waals surface area contributed by atoms with Crippen molar-refractivity contribution >= 4 is 26.2 Å². The molecule has 0 aliphatic carbocycles. The second-order valence-corrected chi connectivity index (χ2v) is 18.8. The molecule has 36 heavy (non-hydrogen) atoms. The van der Waals surface area contributed by atoms with Crippen LogP contribution in [0.2, 0.25) is 18.1 Å². The maximum atomic E-state index is 6.68. The van der Waals surface area contributed by atoms with E-state index in [4.69, 9.17) is 31.0 Å². The Morgan fingerprint density at radius 1 is 0.778 bits per heavy atom. The second-order valence-electron chi connectivity index (χ2n) is 9.58. The van der Waals surface area contributed by atoms with Crippen molar-refractivity contribution in [1.82, 2.24) is 9.13 Å². The Morgan fingerprint density at radius 3 is 1.97 bits per heavy atom. The molecule has 0 amide bonds. The number of hydrogen-bond donors (Lipinski definition) is 0. The van der Waals surface area contributed by atoms with Gasteiger partial charge in [0.2, 0.25) is 0 Å². The fourth-order valence-electron chi connectivity index (χ4n) is 5.82. The third kappa shape index (κ3) is 8.39. The zero-order valence-corrected chi connectivity index (χ0v) is 27.1. The minimum absolute atomic E-state index is 0.431. The van der Waals surface area contributed by atoms with E-state index < -0.39 is 26.2 Å². The topological polar surface area (TPSA) is 71.1 Å². The van der Waals surface area contributed by atoms with Gasteiger partial charge in [-0.3, -0.25) is 9.13 Å². The van der Waals surface area contributed by atoms with Crippen molar-refractivity contribution in [3.63, 3.8) is 0 Å². The van der Waals surface area contributed by atoms with Gasteiger partial charge >= 0.3 is 26.2 Å². The van der Waals surface area contributed by atoms with Crippen LogP contribution in [0.5, 0.6) is 0 Å². The monoisotopic (exact) mass is 566 g/mol. The van der Waals surface area contributed by atoms with Crippen molar-refractivity contribution in [1.29, 1.82) is 0 Å². The largest absolute Gasteiger partial charge is 0.500 e. The van der Waals surface area contributed by atoms with Crippen molar-refractivity contribution in [2.75, 3.05) is 66.9 Å². The van der Waals surface area contributed by atoms with Crippen LogP contribution in [-0.4, -0.2) is 108 Å². The van der Waals surface area contributed by atoms with Crippen LogP contribution in [0.3, 0.4) is 0 Å². The molecule has 0 spiro atoms. The van der Waals surface area contributed by atoms with Gasteiger partial charge in [-0.25, -0.2) is 0 Å². The summed E-state index contributed by atoms with van der Waals surface area (Å²) in [6.07, 6.45) is 5.34. The quantitative estimate of drug-likeness (QED) is 0.159. The molecular formula is C24H54N2O7Si3. The van der Waals surface area contributed by atoms with E-state index in [0.717, 1.165) is 76.5 Å². The van der Waals surface area contributed by atoms with Gasteiger partial charge in [-0.15, -0.1) is 0 Å². The molecule has 12 heteroatoms. The van der Waals surface area contributed by atoms with E-state index in [-0.39, 0.29) is 0 Å². The van der Waals surface area contributed by atoms with Crippen LogP contribution in [0.4, 0.5) is 0 Å². The van der Waals surface area contributed by atoms with Gasteiger partial charge in [0.15, 0.2) is 0 Å². The summed E-state index contributed by atoms with van der Waals surface area (Å²) in [5.74, 6) is 0. The molecule has 0 aromatic heterocycles. The minimum Gasteiger partial charge on any atom is -0.386 e. The maximum absolute atomic E-state index is 6.68. The fraction of sp³-hybridized carbons (Fsp3) is 1.00. The van der Waals surface area contributed by atoms with Crippen LogP contribution in [0, 0.1) is 0 Å². The molecule has 2 saturated heterocycles. The summed E-state index contributed by atoms with van der Waals surface area (Å²) in [6, 6.07) is 3.35. The first-order valence-corrected chi connectivity index (χ1v) is 20.1. The average Bonchev–Trinajstić information content (AvgIpc) is 3.47. The van der Waals surface area contributed by atoms with Crippen molar-refractivity contribution in [3.05, 3.63) is 0 Å². The van der Waals surface area contributed by atoms with Crippen molar-refractivity contribution in [2.24, 2.45) is 0 Å². The Hall–Kier alpha value is 0.291. The third-order valence-corrected chi connectivity index (χ3v) is 18.1. The summed E-state index contributed by atoms with van der Waals surface area (Å²) in [4.78, 5) is 0. The standard InChI is InChI=1S/C24H54N2O7Si3/c1-8-29-34(33-20-12-16-24(5)26-19-15-22-35(26,27-6)28-7)21-13-17-25(34)18-14-23-36(30-9-2,31-10-3)32-11-4/h24H,8-23H2,1-7H3. The summed E-state index contributed by atoms with van der Waals surface area (Å²) < 4.78 is 48.1. The van der Waals surface area contributed by atoms with E-state index in [2.05, 4.69) is 23.0 Å². The van der Waals surface area contributed by atoms with Crippen molar-refractivity contribution in [2.45, 2.75) is 90.9 Å². The summed E-state index contributed by atoms with van der Waals surface area (Å²) in [5, 5.41) is 0. The fourth-order valence-corrected chi connectivity index (χ4v) is 15.2. The molecule has 0 saturated carbocycles. The molecule has 2 unspecified atom stereocenters. The first-order chi connectivity index (χ1) is 17.4. The van der Waals surface area contributed by atoms with Crippen LogP contribution in [-0.2, 0) is 31.0 Å². The van der Waals surface area contributed by atoms with E-state index >= 15 is 0 Å². The van der Waals surface area contributed by atoms with Crippen LogP contribution < -0.4 is 0 Å². The Bertz CT molecular complexity index is 589. The molecule has 2 aliphatic rings. The zero-order valence-electron chi connectivity index (χ0n) is 24.1. The van der Waals surface area contributed by atoms with E-state index in [1.165, 1.54) is 0 Å². The van der Waals surface area contributed by atoms with Crippen LogP contribution in [0.15, 0.2) is 0 Å². The van der Waals surface area contributed by atoms with E-state index in [1.807, 2.05) is 20.8 Å². The highest BCUT2D eigenvalue weighted by molar-refractivity contribution is 6.65. The summed E-state index contributed by atoms with van der Waals surface area (Å²) in [6.45, 7) is 16.7. The molecule has 0 aromatic carbocycles. The molecule has 0 bridgehead atoms. The van der Waals surface area contributed by atoms with Gasteiger partial charge in [0.05, 0.1) is 0 Å². The molecule has 2 atom stereocenters. The number of rotatable bonds is 20. The zero-order chi connectivity index (χ0) is 26.5. The normalized spacial score (nSPS) is 24.1. The molecule has 214 valence electrons. The van der Waals surface area contributed by atoms with Crippen molar-refractivity contribution < 1.29 is 31.0 Å². The molecular weight excluding hydrogens is 513 g/mol. The minimum atomic E-state index is -2.62. The Kier molecular flexibility index (Phi) is 14.8. The highest BCUT2D eigenvalue weighted by Crippen LogP contribution is 2.32. The van der Waals surface area contributed by atoms with Crippen LogP contribution in [0.25, 0.3) is 0 Å². The Morgan fingerprint density at radius 2 is 1.39 bits per heavy atom. The molecule has 9 nitrogen and oxygen atoms in total. The lowest BCUT2D eigenvalue weighted by atomic mass is 10.2. The predicted octanol–water partition coefficient (Wildman–Crippen LogP) is 4.23. The average molecular weight is 567 g/mol. The maximum Gasteiger partial charge on any atom is 0.500 e. The van der Waals surface area contributed by atoms with Gasteiger partial charge in [0, 0.05) is 71.4 Å². The smallest absolute Gasteiger partial charge is 0.386 e. The summed E-state index contributed by atoms with van der Waals surface area (Å²) in [7, 11) is -3.60. The van der Waals surface area contributed by atoms with E-state index in [1.54, 1.807) is 14.2 Å². The first kappa shape index (κ1) is 32.5. The SMILES string of the molecule is CCO[Si](CCCN1CCC[Si]1(OCC)OCCCC(C)N1CCC[Si]1(OC)OC)(OCC)OCC. The van der Waals surface area contributed by atoms with Crippen LogP contribution >= 0.6 is 0 Å². The Labute approximate surface area is 224 Å². The molecule has 2 fully saturated rings. The van der Waals surface area contributed by atoms with E-state index in [9.17, 15) is 0 Å². The first-order valence-electron chi connectivity index (χ1n) is 14.2. The third-order valence-electron chi connectivity index (χ3n) is 7.37. The highest BCUT2D eigenvalue weighted by atomic mass is 28.4. The highest BCUT2D eigenvalue weighted by Gasteiger charge is 2.50. The molecule has 0 radical (unpaired) electrons. The molecule has 2 rings (SSSR count). The van der Waals surface area contributed by atoms with E-state index in [0.29, 0.717) is 32.5 Å². The van der Waals surface area contributed by atoms with Gasteiger partial charge in [0.25, 0.3) is 0 Å². The van der Waals surface area contributed by atoms with Gasteiger partial charge in [-0.2, -0.15) is 0 Å². The second kappa shape index (κ2) is 16.4. The van der Waals surface area contributed by atoms with Gasteiger partial charge in [0.1, 0.15) is 0 Å². The molecule has 0 aromatic rings. The van der Waals surface area contributed by atoms with Gasteiger partial charge in [-0.1, -0.05) is 6.92 Å².